The van der Waals surface area contributed by atoms with Gasteiger partial charge in [0.1, 0.15) is 5.75 Å². The van der Waals surface area contributed by atoms with E-state index < -0.39 is 24.6 Å². The highest BCUT2D eigenvalue weighted by Gasteiger charge is 2.50. The van der Waals surface area contributed by atoms with Crippen LogP contribution in [-0.2, 0) is 11.3 Å². The van der Waals surface area contributed by atoms with Gasteiger partial charge in [-0.2, -0.15) is 8.78 Å². The molecule has 9 heteroatoms. The molecule has 0 aliphatic rings. The van der Waals surface area contributed by atoms with Gasteiger partial charge >= 0.3 is 18.8 Å². The minimum absolute atomic E-state index is 0.138. The monoisotopic (exact) mass is 289 g/mol. The van der Waals surface area contributed by atoms with Gasteiger partial charge in [0.25, 0.3) is 0 Å². The lowest BCUT2D eigenvalue weighted by molar-refractivity contribution is -0.411. The standard InChI is InChI=1S/C10H9F6NO2/c11-8(19-10(14,15)16)9(12,13)18-7-3-1-6(5-17)2-4-7/h1-4,8H,5,17H2. The summed E-state index contributed by atoms with van der Waals surface area (Å²) >= 11 is 0. The van der Waals surface area contributed by atoms with Crippen LogP contribution in [0.4, 0.5) is 26.3 Å². The first kappa shape index (κ1) is 15.6. The van der Waals surface area contributed by atoms with E-state index >= 15 is 0 Å². The van der Waals surface area contributed by atoms with Gasteiger partial charge in [-0.1, -0.05) is 12.1 Å². The topological polar surface area (TPSA) is 44.5 Å². The molecule has 1 unspecified atom stereocenters. The Morgan fingerprint density at radius 2 is 1.58 bits per heavy atom. The van der Waals surface area contributed by atoms with Crippen LogP contribution in [0.1, 0.15) is 5.56 Å². The van der Waals surface area contributed by atoms with Crippen molar-refractivity contribution in [3.05, 3.63) is 29.8 Å². The zero-order valence-corrected chi connectivity index (χ0v) is 9.26. The summed E-state index contributed by atoms with van der Waals surface area (Å²) in [7, 11) is 0. The van der Waals surface area contributed by atoms with E-state index in [1.807, 2.05) is 0 Å². The van der Waals surface area contributed by atoms with Gasteiger partial charge < -0.3 is 10.5 Å². The average Bonchev–Trinajstić information content (AvgIpc) is 2.27. The molecule has 0 fully saturated rings. The first-order valence-electron chi connectivity index (χ1n) is 4.88. The summed E-state index contributed by atoms with van der Waals surface area (Å²) in [4.78, 5) is 0. The van der Waals surface area contributed by atoms with Crippen LogP contribution in [0.3, 0.4) is 0 Å². The van der Waals surface area contributed by atoms with Gasteiger partial charge in [-0.25, -0.2) is 9.13 Å². The smallest absolute Gasteiger partial charge is 0.429 e. The van der Waals surface area contributed by atoms with Crippen LogP contribution in [-0.4, -0.2) is 18.8 Å². The third-order valence-electron chi connectivity index (χ3n) is 1.91. The van der Waals surface area contributed by atoms with E-state index in [9.17, 15) is 26.3 Å². The van der Waals surface area contributed by atoms with Gasteiger partial charge in [0.05, 0.1) is 0 Å². The van der Waals surface area contributed by atoms with Crippen molar-refractivity contribution in [1.82, 2.24) is 0 Å². The summed E-state index contributed by atoms with van der Waals surface area (Å²) < 4.78 is 79.8. The number of nitrogens with two attached hydrogens (primary N) is 1. The summed E-state index contributed by atoms with van der Waals surface area (Å²) in [6, 6.07) is 4.67. The predicted octanol–water partition coefficient (Wildman–Crippen LogP) is 2.95. The number of halogens is 6. The molecule has 0 heterocycles. The molecule has 0 saturated heterocycles. The van der Waals surface area contributed by atoms with Crippen molar-refractivity contribution in [3.63, 3.8) is 0 Å². The SMILES string of the molecule is NCc1ccc(OC(F)(F)C(F)OC(F)(F)F)cc1. The lowest BCUT2D eigenvalue weighted by atomic mass is 10.2. The fourth-order valence-electron chi connectivity index (χ4n) is 1.08. The Kier molecular flexibility index (Phi) is 4.64. The molecule has 0 aliphatic carbocycles. The van der Waals surface area contributed by atoms with Crippen molar-refractivity contribution in [3.8, 4) is 5.75 Å². The minimum Gasteiger partial charge on any atom is -0.429 e. The molecule has 1 atom stereocenters. The minimum atomic E-state index is -5.53. The van der Waals surface area contributed by atoms with Gasteiger partial charge in [-0.05, 0) is 17.7 Å². The normalized spacial score (nSPS) is 14.3. The molecule has 1 aromatic rings. The molecule has 0 spiro atoms. The molecule has 0 aliphatic heterocycles. The van der Waals surface area contributed by atoms with Crippen molar-refractivity contribution in [2.75, 3.05) is 0 Å². The number of hydrogen-bond acceptors (Lipinski definition) is 3. The van der Waals surface area contributed by atoms with Gasteiger partial charge in [-0.15, -0.1) is 13.2 Å². The van der Waals surface area contributed by atoms with Gasteiger partial charge in [0, 0.05) is 6.54 Å². The van der Waals surface area contributed by atoms with Gasteiger partial charge in [0.2, 0.25) is 0 Å². The molecule has 0 radical (unpaired) electrons. The molecule has 0 amide bonds. The van der Waals surface area contributed by atoms with E-state index in [2.05, 4.69) is 9.47 Å². The van der Waals surface area contributed by atoms with Crippen molar-refractivity contribution in [2.24, 2.45) is 5.73 Å². The summed E-state index contributed by atoms with van der Waals surface area (Å²) in [5.74, 6) is -0.518. The first-order valence-corrected chi connectivity index (χ1v) is 4.88. The second kappa shape index (κ2) is 5.66. The van der Waals surface area contributed by atoms with Crippen LogP contribution >= 0.6 is 0 Å². The number of benzene rings is 1. The van der Waals surface area contributed by atoms with Crippen molar-refractivity contribution < 1.29 is 35.8 Å². The predicted molar refractivity (Wildman–Crippen MR) is 51.9 cm³/mol. The second-order valence-corrected chi connectivity index (χ2v) is 3.39. The summed E-state index contributed by atoms with van der Waals surface area (Å²) in [5, 5.41) is 0. The van der Waals surface area contributed by atoms with Crippen LogP contribution in [0, 0.1) is 0 Å². The Balaban J connectivity index is 2.71. The Labute approximate surface area is 103 Å². The second-order valence-electron chi connectivity index (χ2n) is 3.39. The highest BCUT2D eigenvalue weighted by atomic mass is 19.4. The molecule has 1 aromatic carbocycles. The molecule has 19 heavy (non-hydrogen) atoms. The summed E-state index contributed by atoms with van der Waals surface area (Å²) in [6.45, 7) is 0.138. The van der Waals surface area contributed by atoms with Crippen LogP contribution in [0.5, 0.6) is 5.75 Å². The molecule has 0 aromatic heterocycles. The fourth-order valence-corrected chi connectivity index (χ4v) is 1.08. The van der Waals surface area contributed by atoms with Crippen LogP contribution < -0.4 is 10.5 Å². The largest absolute Gasteiger partial charge is 0.525 e. The first-order chi connectivity index (χ1) is 8.64. The summed E-state index contributed by atoms with van der Waals surface area (Å²) in [5.41, 5.74) is 5.83. The Morgan fingerprint density at radius 1 is 1.05 bits per heavy atom. The molecular formula is C10H9F6NO2. The van der Waals surface area contributed by atoms with Crippen LogP contribution in [0.15, 0.2) is 24.3 Å². The third-order valence-corrected chi connectivity index (χ3v) is 1.91. The molecule has 2 N–H and O–H groups in total. The van der Waals surface area contributed by atoms with Crippen LogP contribution in [0.25, 0.3) is 0 Å². The number of rotatable bonds is 5. The molecule has 0 bridgehead atoms. The van der Waals surface area contributed by atoms with Gasteiger partial charge in [-0.3, -0.25) is 0 Å². The third kappa shape index (κ3) is 4.95. The number of hydrogen-bond donors (Lipinski definition) is 1. The van der Waals surface area contributed by atoms with Crippen molar-refractivity contribution >= 4 is 0 Å². The maximum atomic E-state index is 13.0. The average molecular weight is 289 g/mol. The van der Waals surface area contributed by atoms with E-state index in [0.717, 1.165) is 12.1 Å². The molecule has 1 rings (SSSR count). The number of ether oxygens (including phenoxy) is 2. The number of alkyl halides is 6. The molecule has 3 nitrogen and oxygen atoms in total. The lowest BCUT2D eigenvalue weighted by Gasteiger charge is -2.22. The van der Waals surface area contributed by atoms with E-state index in [4.69, 9.17) is 5.73 Å². The highest BCUT2D eigenvalue weighted by Crippen LogP contribution is 2.31. The lowest BCUT2D eigenvalue weighted by Crippen LogP contribution is -2.41. The fraction of sp³-hybridized carbons (Fsp3) is 0.400. The molecule has 108 valence electrons. The van der Waals surface area contributed by atoms with Crippen LogP contribution in [0.2, 0.25) is 0 Å². The Morgan fingerprint density at radius 3 is 2.00 bits per heavy atom. The summed E-state index contributed by atoms with van der Waals surface area (Å²) in [6.07, 6.45) is -14.3. The Hall–Kier alpha value is -1.48. The zero-order valence-electron chi connectivity index (χ0n) is 9.26. The maximum absolute atomic E-state index is 13.0. The van der Waals surface area contributed by atoms with Crippen molar-refractivity contribution in [2.45, 2.75) is 25.4 Å². The maximum Gasteiger partial charge on any atom is 0.525 e. The van der Waals surface area contributed by atoms with E-state index in [1.165, 1.54) is 12.1 Å². The van der Waals surface area contributed by atoms with Gasteiger partial charge in [0.15, 0.2) is 0 Å². The quantitative estimate of drug-likeness (QED) is 0.848. The van der Waals surface area contributed by atoms with Crippen molar-refractivity contribution in [1.29, 1.82) is 0 Å². The van der Waals surface area contributed by atoms with E-state index in [-0.39, 0.29) is 6.54 Å². The molecular weight excluding hydrogens is 280 g/mol. The zero-order chi connectivity index (χ0) is 14.7. The highest BCUT2D eigenvalue weighted by molar-refractivity contribution is 5.27. The van der Waals surface area contributed by atoms with E-state index in [1.54, 1.807) is 0 Å². The van der Waals surface area contributed by atoms with E-state index in [0.29, 0.717) is 5.56 Å². The molecule has 0 saturated carbocycles. The Bertz CT molecular complexity index is 405.